The van der Waals surface area contributed by atoms with Crippen molar-refractivity contribution in [3.05, 3.63) is 46.6 Å². The van der Waals surface area contributed by atoms with Gasteiger partial charge in [-0.2, -0.15) is 0 Å². The summed E-state index contributed by atoms with van der Waals surface area (Å²) in [6.45, 7) is 3.10. The number of hydrogen-bond donors (Lipinski definition) is 1. The van der Waals surface area contributed by atoms with Crippen LogP contribution < -0.4 is 10.2 Å². The molecule has 0 aromatic heterocycles. The average Bonchev–Trinajstić information content (AvgIpc) is 2.43. The second kappa shape index (κ2) is 6.79. The van der Waals surface area contributed by atoms with Crippen LogP contribution in [-0.2, 0) is 9.59 Å². The smallest absolute Gasteiger partial charge is 0.221 e. The number of anilines is 1. The lowest BCUT2D eigenvalue weighted by Crippen LogP contribution is -2.27. The summed E-state index contributed by atoms with van der Waals surface area (Å²) in [6, 6.07) is 5.45. The Kier molecular flexibility index (Phi) is 5.01. The summed E-state index contributed by atoms with van der Waals surface area (Å²) >= 11 is 6.25. The summed E-state index contributed by atoms with van der Waals surface area (Å²) in [6.07, 6.45) is 3.03. The third-order valence-electron chi connectivity index (χ3n) is 3.27. The molecule has 1 N–H and O–H groups in total. The minimum Gasteiger partial charge on any atom is -0.376 e. The Morgan fingerprint density at radius 1 is 1.26 bits per heavy atom. The molecule has 0 radical (unpaired) electrons. The number of benzene rings is 1. The first-order valence-corrected chi connectivity index (χ1v) is 7.43. The summed E-state index contributed by atoms with van der Waals surface area (Å²) < 4.78 is 0. The molecule has 0 fully saturated rings. The van der Waals surface area contributed by atoms with Gasteiger partial charge in [0.15, 0.2) is 5.78 Å². The number of halogens is 1. The second-order valence-corrected chi connectivity index (χ2v) is 5.87. The number of carbonyl (C=O) groups is 2. The fourth-order valence-corrected chi connectivity index (χ4v) is 2.47. The average molecular weight is 332 g/mol. The van der Waals surface area contributed by atoms with Crippen LogP contribution in [0, 0.1) is 0 Å². The van der Waals surface area contributed by atoms with Gasteiger partial charge in [0.1, 0.15) is 0 Å². The van der Waals surface area contributed by atoms with E-state index in [2.05, 4.69) is 10.3 Å². The molecule has 0 saturated heterocycles. The molecule has 1 aliphatic rings. The molecular formula is C17H18ClN3O2. The normalized spacial score (nSPS) is 16.0. The van der Waals surface area contributed by atoms with Crippen molar-refractivity contribution in [2.45, 2.75) is 13.8 Å². The molecule has 2 rings (SSSR count). The Bertz CT molecular complexity index is 761. The molecule has 1 aliphatic carbocycles. The van der Waals surface area contributed by atoms with Crippen molar-refractivity contribution in [2.75, 3.05) is 19.0 Å². The number of aliphatic imine (C=N–C) groups is 1. The van der Waals surface area contributed by atoms with Crippen LogP contribution in [0.1, 0.15) is 13.8 Å². The van der Waals surface area contributed by atoms with E-state index in [0.29, 0.717) is 27.7 Å². The molecular weight excluding hydrogens is 314 g/mol. The lowest BCUT2D eigenvalue weighted by molar-refractivity contribution is -0.118. The Hall–Kier alpha value is -2.40. The van der Waals surface area contributed by atoms with E-state index >= 15 is 0 Å². The van der Waals surface area contributed by atoms with E-state index in [1.165, 1.54) is 13.0 Å². The summed E-state index contributed by atoms with van der Waals surface area (Å²) in [4.78, 5) is 29.5. The molecule has 1 aromatic rings. The zero-order valence-electron chi connectivity index (χ0n) is 13.5. The predicted molar refractivity (Wildman–Crippen MR) is 93.5 cm³/mol. The Balaban J connectivity index is 2.43. The van der Waals surface area contributed by atoms with Gasteiger partial charge in [-0.15, -0.1) is 0 Å². The van der Waals surface area contributed by atoms with E-state index in [4.69, 9.17) is 11.6 Å². The maximum Gasteiger partial charge on any atom is 0.221 e. The van der Waals surface area contributed by atoms with Crippen molar-refractivity contribution >= 4 is 40.4 Å². The van der Waals surface area contributed by atoms with Crippen LogP contribution in [0.15, 0.2) is 46.6 Å². The Morgan fingerprint density at radius 2 is 1.96 bits per heavy atom. The molecule has 0 atom stereocenters. The quantitative estimate of drug-likeness (QED) is 0.866. The van der Waals surface area contributed by atoms with Crippen molar-refractivity contribution < 1.29 is 9.59 Å². The first-order valence-electron chi connectivity index (χ1n) is 7.06. The van der Waals surface area contributed by atoms with Crippen LogP contribution in [0.3, 0.4) is 0 Å². The molecule has 6 heteroatoms. The molecule has 0 aliphatic heterocycles. The lowest BCUT2D eigenvalue weighted by Gasteiger charge is -2.16. The fourth-order valence-electron chi connectivity index (χ4n) is 2.12. The van der Waals surface area contributed by atoms with E-state index < -0.39 is 0 Å². The topological polar surface area (TPSA) is 61.8 Å². The van der Waals surface area contributed by atoms with Gasteiger partial charge < -0.3 is 10.2 Å². The Labute approximate surface area is 140 Å². The summed E-state index contributed by atoms with van der Waals surface area (Å²) in [5.41, 5.74) is 3.00. The van der Waals surface area contributed by atoms with E-state index in [-0.39, 0.29) is 11.7 Å². The number of nitrogens with one attached hydrogen (secondary N) is 1. The van der Waals surface area contributed by atoms with Crippen LogP contribution in [-0.4, -0.2) is 31.5 Å². The zero-order chi connectivity index (χ0) is 17.1. The van der Waals surface area contributed by atoms with Crippen LogP contribution in [0.4, 0.5) is 11.4 Å². The molecule has 5 nitrogen and oxygen atoms in total. The maximum atomic E-state index is 11.8. The van der Waals surface area contributed by atoms with Crippen LogP contribution in [0.5, 0.6) is 0 Å². The van der Waals surface area contributed by atoms with Crippen LogP contribution in [0.25, 0.3) is 0 Å². The Morgan fingerprint density at radius 3 is 2.52 bits per heavy atom. The number of ketones is 1. The van der Waals surface area contributed by atoms with E-state index in [1.54, 1.807) is 19.1 Å². The van der Waals surface area contributed by atoms with Crippen molar-refractivity contribution in [1.29, 1.82) is 0 Å². The third-order valence-corrected chi connectivity index (χ3v) is 3.57. The SMILES string of the molecule is CC(=O)NC1=CC(=O)C(C)=CC1=Nc1ccc(N(C)C)c(Cl)c1. The molecule has 0 spiro atoms. The highest BCUT2D eigenvalue weighted by atomic mass is 35.5. The van der Waals surface area contributed by atoms with E-state index in [0.717, 1.165) is 5.69 Å². The molecule has 0 unspecified atom stereocenters. The highest BCUT2D eigenvalue weighted by Crippen LogP contribution is 2.29. The van der Waals surface area contributed by atoms with Gasteiger partial charge in [0.05, 0.1) is 27.8 Å². The maximum absolute atomic E-state index is 11.8. The number of rotatable bonds is 3. The molecule has 120 valence electrons. The monoisotopic (exact) mass is 331 g/mol. The van der Waals surface area contributed by atoms with Crippen molar-refractivity contribution in [3.8, 4) is 0 Å². The number of nitrogens with zero attached hydrogens (tertiary/aromatic N) is 2. The van der Waals surface area contributed by atoms with Gasteiger partial charge >= 0.3 is 0 Å². The van der Waals surface area contributed by atoms with Gasteiger partial charge in [0.2, 0.25) is 5.91 Å². The first-order chi connectivity index (χ1) is 10.8. The van der Waals surface area contributed by atoms with Crippen molar-refractivity contribution in [1.82, 2.24) is 5.32 Å². The molecule has 1 aromatic carbocycles. The van der Waals surface area contributed by atoms with Crippen LogP contribution >= 0.6 is 11.6 Å². The van der Waals surface area contributed by atoms with Gasteiger partial charge in [-0.1, -0.05) is 11.6 Å². The summed E-state index contributed by atoms with van der Waals surface area (Å²) in [5.74, 6) is -0.403. The van der Waals surface area contributed by atoms with Crippen molar-refractivity contribution in [2.24, 2.45) is 4.99 Å². The summed E-state index contributed by atoms with van der Waals surface area (Å²) in [5, 5.41) is 3.21. The van der Waals surface area contributed by atoms with Crippen molar-refractivity contribution in [3.63, 3.8) is 0 Å². The van der Waals surface area contributed by atoms with Gasteiger partial charge in [-0.25, -0.2) is 4.99 Å². The minimum atomic E-state index is -0.259. The number of amides is 1. The predicted octanol–water partition coefficient (Wildman–Crippen LogP) is 3.03. The van der Waals surface area contributed by atoms with Crippen LogP contribution in [0.2, 0.25) is 5.02 Å². The molecule has 0 heterocycles. The molecule has 23 heavy (non-hydrogen) atoms. The second-order valence-electron chi connectivity index (χ2n) is 5.46. The zero-order valence-corrected chi connectivity index (χ0v) is 14.2. The largest absolute Gasteiger partial charge is 0.376 e. The number of carbonyl (C=O) groups excluding carboxylic acids is 2. The fraction of sp³-hybridized carbons (Fsp3) is 0.235. The lowest BCUT2D eigenvalue weighted by atomic mass is 10.0. The third kappa shape index (κ3) is 4.07. The molecule has 0 bridgehead atoms. The number of allylic oxidation sites excluding steroid dienone is 3. The molecule has 0 saturated carbocycles. The summed E-state index contributed by atoms with van der Waals surface area (Å²) in [7, 11) is 3.81. The van der Waals surface area contributed by atoms with E-state index in [1.807, 2.05) is 31.1 Å². The van der Waals surface area contributed by atoms with E-state index in [9.17, 15) is 9.59 Å². The highest BCUT2D eigenvalue weighted by molar-refractivity contribution is 6.33. The highest BCUT2D eigenvalue weighted by Gasteiger charge is 2.17. The standard InChI is InChI=1S/C17H18ClN3O2/c1-10-7-14(15(9-17(10)23)19-11(2)22)20-12-5-6-16(21(3)4)13(18)8-12/h5-9H,1-4H3,(H,19,22). The van der Waals surface area contributed by atoms with Gasteiger partial charge in [-0.3, -0.25) is 9.59 Å². The number of hydrogen-bond acceptors (Lipinski definition) is 4. The first kappa shape index (κ1) is 17.0. The molecule has 1 amide bonds. The van der Waals surface area contributed by atoms with Gasteiger partial charge in [-0.05, 0) is 36.8 Å². The minimum absolute atomic E-state index is 0.145. The van der Waals surface area contributed by atoms with Gasteiger partial charge in [0.25, 0.3) is 0 Å². The van der Waals surface area contributed by atoms with Gasteiger partial charge in [0, 0.05) is 27.1 Å².